The van der Waals surface area contributed by atoms with E-state index in [2.05, 4.69) is 4.74 Å². The van der Waals surface area contributed by atoms with Gasteiger partial charge in [-0.15, -0.1) is 0 Å². The summed E-state index contributed by atoms with van der Waals surface area (Å²) in [6.07, 6.45) is -3.03. The lowest BCUT2D eigenvalue weighted by atomic mass is 9.79. The summed E-state index contributed by atoms with van der Waals surface area (Å²) in [6, 6.07) is 0. The van der Waals surface area contributed by atoms with E-state index in [9.17, 15) is 75.0 Å². The number of esters is 1. The minimum absolute atomic E-state index is 0.0227. The van der Waals surface area contributed by atoms with Crippen LogP contribution in [0.3, 0.4) is 0 Å². The van der Waals surface area contributed by atoms with Crippen molar-refractivity contribution in [3.8, 4) is 0 Å². The molecule has 0 radical (unpaired) electrons. The molecule has 0 bridgehead atoms. The summed E-state index contributed by atoms with van der Waals surface area (Å²) in [6.45, 7) is -1.19. The molecule has 0 heterocycles. The van der Waals surface area contributed by atoms with E-state index < -0.39 is 66.9 Å². The fourth-order valence-corrected chi connectivity index (χ4v) is 3.75. The predicted octanol–water partition coefficient (Wildman–Crippen LogP) is 8.24. The number of rotatable bonds is 13. The van der Waals surface area contributed by atoms with Gasteiger partial charge in [0.25, 0.3) is 0 Å². The number of halogens is 16. The van der Waals surface area contributed by atoms with E-state index in [0.29, 0.717) is 18.8 Å². The van der Waals surface area contributed by atoms with Crippen molar-refractivity contribution in [2.75, 3.05) is 6.61 Å². The number of hydrogen-bond acceptors (Lipinski definition) is 2. The molecular weight excluding hydrogens is 576 g/mol. The van der Waals surface area contributed by atoms with Crippen LogP contribution in [0.4, 0.5) is 70.2 Å². The zero-order valence-corrected chi connectivity index (χ0v) is 19.3. The second-order valence-electron chi connectivity index (χ2n) is 8.99. The Morgan fingerprint density at radius 2 is 1.08 bits per heavy atom. The van der Waals surface area contributed by atoms with Crippen LogP contribution in [0.5, 0.6) is 0 Å². The molecule has 0 N–H and O–H groups in total. The maximum atomic E-state index is 13.8. The highest BCUT2D eigenvalue weighted by Crippen LogP contribution is 2.62. The van der Waals surface area contributed by atoms with E-state index >= 15 is 0 Å². The standard InChI is InChI=1S/C20H22F16O2/c1-2-10-3-5-11(6-4-10)7-8-12(37)38-9-14(23,24)16(27,28)18(31,32)20(35,36)19(33,34)17(29,30)15(25,26)13(21)22/h10-11,13H,2-9H2,1H3. The largest absolute Gasteiger partial charge is 0.459 e. The molecule has 38 heavy (non-hydrogen) atoms. The molecule has 0 amide bonds. The summed E-state index contributed by atoms with van der Waals surface area (Å²) in [5.74, 6) is -56.6. The van der Waals surface area contributed by atoms with Gasteiger partial charge in [0.15, 0.2) is 6.61 Å². The van der Waals surface area contributed by atoms with Crippen LogP contribution in [-0.2, 0) is 9.53 Å². The number of hydrogen-bond donors (Lipinski definition) is 0. The average Bonchev–Trinajstić information content (AvgIpc) is 2.80. The predicted molar refractivity (Wildman–Crippen MR) is 96.6 cm³/mol. The van der Waals surface area contributed by atoms with E-state index in [0.717, 1.165) is 19.3 Å². The highest BCUT2D eigenvalue weighted by molar-refractivity contribution is 5.69. The van der Waals surface area contributed by atoms with Crippen molar-refractivity contribution in [2.24, 2.45) is 11.8 Å². The zero-order valence-electron chi connectivity index (χ0n) is 19.3. The van der Waals surface area contributed by atoms with Gasteiger partial charge in [0.1, 0.15) is 0 Å². The smallest absolute Gasteiger partial charge is 0.385 e. The number of carbonyl (C=O) groups is 1. The first-order valence-corrected chi connectivity index (χ1v) is 10.9. The lowest BCUT2D eigenvalue weighted by Crippen LogP contribution is -2.74. The maximum absolute atomic E-state index is 13.8. The van der Waals surface area contributed by atoms with Crippen LogP contribution >= 0.6 is 0 Å². The van der Waals surface area contributed by atoms with E-state index in [1.807, 2.05) is 6.92 Å². The van der Waals surface area contributed by atoms with Crippen LogP contribution in [0.2, 0.25) is 0 Å². The third kappa shape index (κ3) is 5.77. The molecular formula is C20H22F16O2. The third-order valence-electron chi connectivity index (χ3n) is 6.44. The summed E-state index contributed by atoms with van der Waals surface area (Å²) in [4.78, 5) is 11.6. The molecule has 226 valence electrons. The third-order valence-corrected chi connectivity index (χ3v) is 6.44. The Bertz CT molecular complexity index is 803. The van der Waals surface area contributed by atoms with Gasteiger partial charge in [-0.2, -0.15) is 61.5 Å². The molecule has 0 spiro atoms. The lowest BCUT2D eigenvalue weighted by molar-refractivity contribution is -0.447. The normalized spacial score (nSPS) is 21.1. The first-order valence-electron chi connectivity index (χ1n) is 10.9. The fraction of sp³-hybridized carbons (Fsp3) is 0.950. The molecule has 0 aliphatic heterocycles. The molecule has 0 aromatic carbocycles. The Kier molecular flexibility index (Phi) is 10.0. The lowest BCUT2D eigenvalue weighted by Gasteiger charge is -2.42. The van der Waals surface area contributed by atoms with Crippen molar-refractivity contribution in [1.29, 1.82) is 0 Å². The molecule has 0 unspecified atom stereocenters. The minimum Gasteiger partial charge on any atom is -0.459 e. The molecule has 1 aliphatic carbocycles. The molecule has 2 nitrogen and oxygen atoms in total. The SMILES string of the molecule is CCC1CCC(CCC(=O)OCC(F)(F)C(F)(F)C(F)(F)C(F)(F)C(F)(F)C(F)(F)C(F)(F)C(F)F)CC1. The van der Waals surface area contributed by atoms with Crippen molar-refractivity contribution in [3.05, 3.63) is 0 Å². The van der Waals surface area contributed by atoms with Crippen LogP contribution in [-0.4, -0.2) is 60.5 Å². The van der Waals surface area contributed by atoms with Gasteiger partial charge < -0.3 is 4.74 Å². The second-order valence-corrected chi connectivity index (χ2v) is 8.99. The summed E-state index contributed by atoms with van der Waals surface area (Å²) >= 11 is 0. The summed E-state index contributed by atoms with van der Waals surface area (Å²) in [7, 11) is 0. The van der Waals surface area contributed by atoms with Gasteiger partial charge in [-0.05, 0) is 18.3 Å². The van der Waals surface area contributed by atoms with Gasteiger partial charge >= 0.3 is 53.9 Å². The molecule has 0 aromatic rings. The summed E-state index contributed by atoms with van der Waals surface area (Å²) in [5.41, 5.74) is 0. The Hall–Kier alpha value is -1.65. The Balaban J connectivity index is 3.05. The van der Waals surface area contributed by atoms with Gasteiger partial charge in [-0.25, -0.2) is 8.78 Å². The Morgan fingerprint density at radius 3 is 1.50 bits per heavy atom. The highest BCUT2D eigenvalue weighted by Gasteiger charge is 2.93. The van der Waals surface area contributed by atoms with Crippen molar-refractivity contribution >= 4 is 5.97 Å². The fourth-order valence-electron chi connectivity index (χ4n) is 3.75. The van der Waals surface area contributed by atoms with E-state index in [1.165, 1.54) is 0 Å². The molecule has 0 atom stereocenters. The van der Waals surface area contributed by atoms with E-state index in [1.54, 1.807) is 0 Å². The monoisotopic (exact) mass is 598 g/mol. The number of carbonyl (C=O) groups excluding carboxylic acids is 1. The highest BCUT2D eigenvalue weighted by atomic mass is 19.4. The summed E-state index contributed by atoms with van der Waals surface area (Å²) in [5, 5.41) is 0. The van der Waals surface area contributed by atoms with Gasteiger partial charge in [0.2, 0.25) is 0 Å². The zero-order chi connectivity index (χ0) is 30.2. The summed E-state index contributed by atoms with van der Waals surface area (Å²) < 4.78 is 216. The van der Waals surface area contributed by atoms with Crippen molar-refractivity contribution in [2.45, 2.75) is 99.8 Å². The van der Waals surface area contributed by atoms with Crippen molar-refractivity contribution in [3.63, 3.8) is 0 Å². The minimum atomic E-state index is -8.46. The van der Waals surface area contributed by atoms with Crippen LogP contribution < -0.4 is 0 Å². The van der Waals surface area contributed by atoms with Gasteiger partial charge in [-0.1, -0.05) is 39.0 Å². The second kappa shape index (κ2) is 11.1. The Morgan fingerprint density at radius 1 is 0.684 bits per heavy atom. The van der Waals surface area contributed by atoms with Crippen LogP contribution in [0.15, 0.2) is 0 Å². The van der Waals surface area contributed by atoms with Gasteiger partial charge in [0.05, 0.1) is 0 Å². The molecule has 0 aromatic heterocycles. The molecule has 0 saturated heterocycles. The van der Waals surface area contributed by atoms with Crippen LogP contribution in [0.25, 0.3) is 0 Å². The molecule has 1 saturated carbocycles. The Labute approximate surface area is 205 Å². The van der Waals surface area contributed by atoms with Crippen LogP contribution in [0.1, 0.15) is 51.9 Å². The van der Waals surface area contributed by atoms with Crippen LogP contribution in [0, 0.1) is 11.8 Å². The van der Waals surface area contributed by atoms with Crippen molar-refractivity contribution in [1.82, 2.24) is 0 Å². The molecule has 18 heteroatoms. The maximum Gasteiger partial charge on any atom is 0.385 e. The van der Waals surface area contributed by atoms with E-state index in [-0.39, 0.29) is 12.3 Å². The van der Waals surface area contributed by atoms with Gasteiger partial charge in [0, 0.05) is 6.42 Å². The van der Waals surface area contributed by atoms with E-state index in [4.69, 9.17) is 0 Å². The first kappa shape index (κ1) is 34.4. The first-order chi connectivity index (χ1) is 16.8. The molecule has 1 fully saturated rings. The topological polar surface area (TPSA) is 26.3 Å². The quantitative estimate of drug-likeness (QED) is 0.158. The molecule has 1 aliphatic rings. The number of ether oxygens (including phenoxy) is 1. The molecule has 1 rings (SSSR count). The number of alkyl halides is 16. The van der Waals surface area contributed by atoms with Gasteiger partial charge in [-0.3, -0.25) is 4.79 Å². The average molecular weight is 598 g/mol. The van der Waals surface area contributed by atoms with Crippen molar-refractivity contribution < 1.29 is 79.8 Å².